The lowest BCUT2D eigenvalue weighted by Gasteiger charge is -2.31. The molecule has 0 radical (unpaired) electrons. The van der Waals surface area contributed by atoms with E-state index in [1.54, 1.807) is 19.9 Å². The third-order valence-corrected chi connectivity index (χ3v) is 2.88. The lowest BCUT2D eigenvalue weighted by molar-refractivity contribution is -0.137. The van der Waals surface area contributed by atoms with E-state index in [1.165, 1.54) is 11.0 Å². The summed E-state index contributed by atoms with van der Waals surface area (Å²) in [6.07, 6.45) is -4.44. The monoisotopic (exact) mass is 276 g/mol. The van der Waals surface area contributed by atoms with Gasteiger partial charge in [0.25, 0.3) is 0 Å². The molecule has 3 nitrogen and oxygen atoms in total. The zero-order chi connectivity index (χ0) is 14.6. The second-order valence-corrected chi connectivity index (χ2v) is 4.56. The smallest absolute Gasteiger partial charge is 0.395 e. The van der Waals surface area contributed by atoms with Crippen molar-refractivity contribution in [1.82, 2.24) is 0 Å². The molecule has 108 valence electrons. The molecule has 1 rings (SSSR count). The molecule has 0 heterocycles. The number of benzene rings is 1. The van der Waals surface area contributed by atoms with Gasteiger partial charge in [-0.05, 0) is 31.5 Å². The second kappa shape index (κ2) is 6.25. The minimum atomic E-state index is -4.44. The summed E-state index contributed by atoms with van der Waals surface area (Å²) in [5.74, 6) is 0. The fourth-order valence-electron chi connectivity index (χ4n) is 1.95. The molecular formula is C13H19F3N2O. The van der Waals surface area contributed by atoms with E-state index in [9.17, 15) is 13.2 Å². The molecule has 0 saturated carbocycles. The number of nitrogens with zero attached hydrogens (tertiary/aromatic N) is 1. The summed E-state index contributed by atoms with van der Waals surface area (Å²) in [6, 6.07) is 3.93. The lowest BCUT2D eigenvalue weighted by atomic mass is 10.1. The zero-order valence-corrected chi connectivity index (χ0v) is 11.0. The van der Waals surface area contributed by atoms with Gasteiger partial charge in [-0.3, -0.25) is 0 Å². The van der Waals surface area contributed by atoms with Crippen molar-refractivity contribution in [2.24, 2.45) is 5.73 Å². The summed E-state index contributed by atoms with van der Waals surface area (Å²) < 4.78 is 39.3. The predicted molar refractivity (Wildman–Crippen MR) is 68.9 cm³/mol. The Kier molecular flexibility index (Phi) is 5.20. The summed E-state index contributed by atoms with van der Waals surface area (Å²) in [5, 5.41) is 9.00. The van der Waals surface area contributed by atoms with Crippen LogP contribution in [-0.4, -0.2) is 24.3 Å². The van der Waals surface area contributed by atoms with Crippen LogP contribution in [0.2, 0.25) is 0 Å². The Hall–Kier alpha value is -1.27. The molecular weight excluding hydrogens is 257 g/mol. The summed E-state index contributed by atoms with van der Waals surface area (Å²) >= 11 is 0. The molecule has 1 aromatic rings. The number of hydrogen-bond acceptors (Lipinski definition) is 3. The Morgan fingerprint density at radius 1 is 1.32 bits per heavy atom. The van der Waals surface area contributed by atoms with Crippen molar-refractivity contribution in [3.63, 3.8) is 0 Å². The van der Waals surface area contributed by atoms with Crippen molar-refractivity contribution in [2.75, 3.05) is 18.1 Å². The van der Waals surface area contributed by atoms with Gasteiger partial charge in [-0.25, -0.2) is 0 Å². The fourth-order valence-corrected chi connectivity index (χ4v) is 1.95. The number of nitrogens with two attached hydrogens (primary N) is 1. The minimum absolute atomic E-state index is 0.0606. The molecule has 0 fully saturated rings. The van der Waals surface area contributed by atoms with E-state index in [4.69, 9.17) is 10.8 Å². The van der Waals surface area contributed by atoms with Crippen LogP contribution < -0.4 is 10.6 Å². The van der Waals surface area contributed by atoms with E-state index in [2.05, 4.69) is 0 Å². The van der Waals surface area contributed by atoms with Crippen molar-refractivity contribution in [3.05, 3.63) is 29.3 Å². The maximum Gasteiger partial charge on any atom is 0.418 e. The van der Waals surface area contributed by atoms with Crippen LogP contribution in [0.15, 0.2) is 18.2 Å². The maximum absolute atomic E-state index is 13.1. The van der Waals surface area contributed by atoms with Gasteiger partial charge in [0.1, 0.15) is 0 Å². The average molecular weight is 276 g/mol. The SMILES string of the molecule is CC(C)N(CCO)c1ccc(CN)cc1C(F)(F)F. The van der Waals surface area contributed by atoms with Crippen molar-refractivity contribution in [2.45, 2.75) is 32.6 Å². The Labute approximate surface area is 110 Å². The predicted octanol–water partition coefficient (Wildman–Crippen LogP) is 2.37. The highest BCUT2D eigenvalue weighted by Gasteiger charge is 2.35. The van der Waals surface area contributed by atoms with Gasteiger partial charge in [0.05, 0.1) is 12.2 Å². The summed E-state index contributed by atoms with van der Waals surface area (Å²) in [5.41, 5.74) is 5.19. The molecule has 19 heavy (non-hydrogen) atoms. The third kappa shape index (κ3) is 3.84. The minimum Gasteiger partial charge on any atom is -0.395 e. The highest BCUT2D eigenvalue weighted by atomic mass is 19.4. The molecule has 0 aliphatic carbocycles. The van der Waals surface area contributed by atoms with Gasteiger partial charge >= 0.3 is 6.18 Å². The largest absolute Gasteiger partial charge is 0.418 e. The highest BCUT2D eigenvalue weighted by Crippen LogP contribution is 2.37. The standard InChI is InChI=1S/C13H19F3N2O/c1-9(2)18(5-6-19)12-4-3-10(8-17)7-11(12)13(14,15)16/h3-4,7,9,19H,5-6,8,17H2,1-2H3. The van der Waals surface area contributed by atoms with Crippen LogP contribution in [0.25, 0.3) is 0 Å². The Bertz CT molecular complexity index is 419. The number of aliphatic hydroxyl groups is 1. The number of alkyl halides is 3. The van der Waals surface area contributed by atoms with Crippen LogP contribution in [0.5, 0.6) is 0 Å². The quantitative estimate of drug-likeness (QED) is 0.868. The van der Waals surface area contributed by atoms with Crippen molar-refractivity contribution in [1.29, 1.82) is 0 Å². The topological polar surface area (TPSA) is 49.5 Å². The van der Waals surface area contributed by atoms with E-state index >= 15 is 0 Å². The number of hydrogen-bond donors (Lipinski definition) is 2. The fraction of sp³-hybridized carbons (Fsp3) is 0.538. The normalized spacial score (nSPS) is 12.0. The van der Waals surface area contributed by atoms with Crippen LogP contribution in [0.1, 0.15) is 25.0 Å². The van der Waals surface area contributed by atoms with Crippen LogP contribution in [0.3, 0.4) is 0 Å². The molecule has 6 heteroatoms. The van der Waals surface area contributed by atoms with Crippen molar-refractivity contribution >= 4 is 5.69 Å². The van der Waals surface area contributed by atoms with Crippen LogP contribution >= 0.6 is 0 Å². The molecule has 0 aliphatic rings. The summed E-state index contributed by atoms with van der Waals surface area (Å²) in [7, 11) is 0. The van der Waals surface area contributed by atoms with Gasteiger partial charge in [0.15, 0.2) is 0 Å². The Morgan fingerprint density at radius 2 is 1.95 bits per heavy atom. The maximum atomic E-state index is 13.1. The van der Waals surface area contributed by atoms with Gasteiger partial charge in [-0.1, -0.05) is 6.07 Å². The van der Waals surface area contributed by atoms with Crippen LogP contribution in [0.4, 0.5) is 18.9 Å². The van der Waals surface area contributed by atoms with E-state index in [-0.39, 0.29) is 31.4 Å². The van der Waals surface area contributed by atoms with Crippen LogP contribution in [-0.2, 0) is 12.7 Å². The van der Waals surface area contributed by atoms with Crippen LogP contribution in [0, 0.1) is 0 Å². The molecule has 0 amide bonds. The first-order valence-corrected chi connectivity index (χ1v) is 6.09. The van der Waals surface area contributed by atoms with E-state index in [0.717, 1.165) is 6.07 Å². The van der Waals surface area contributed by atoms with Gasteiger partial charge < -0.3 is 15.7 Å². The number of aliphatic hydroxyl groups excluding tert-OH is 1. The molecule has 0 aliphatic heterocycles. The zero-order valence-electron chi connectivity index (χ0n) is 11.0. The van der Waals surface area contributed by atoms with Crippen molar-refractivity contribution < 1.29 is 18.3 Å². The summed E-state index contributed by atoms with van der Waals surface area (Å²) in [4.78, 5) is 1.53. The molecule has 0 aromatic heterocycles. The molecule has 0 spiro atoms. The van der Waals surface area contributed by atoms with Gasteiger partial charge in [-0.15, -0.1) is 0 Å². The number of rotatable bonds is 5. The Balaban J connectivity index is 3.32. The van der Waals surface area contributed by atoms with Gasteiger partial charge in [-0.2, -0.15) is 13.2 Å². The average Bonchev–Trinajstić information content (AvgIpc) is 2.34. The van der Waals surface area contributed by atoms with E-state index < -0.39 is 11.7 Å². The second-order valence-electron chi connectivity index (χ2n) is 4.56. The van der Waals surface area contributed by atoms with Gasteiger partial charge in [0, 0.05) is 24.8 Å². The first-order chi connectivity index (χ1) is 8.81. The van der Waals surface area contributed by atoms with Crippen molar-refractivity contribution in [3.8, 4) is 0 Å². The molecule has 1 aromatic carbocycles. The third-order valence-electron chi connectivity index (χ3n) is 2.88. The number of halogens is 3. The number of anilines is 1. The Morgan fingerprint density at radius 3 is 2.37 bits per heavy atom. The molecule has 0 unspecified atom stereocenters. The summed E-state index contributed by atoms with van der Waals surface area (Å²) in [6.45, 7) is 3.58. The molecule has 3 N–H and O–H groups in total. The molecule has 0 atom stereocenters. The molecule has 0 bridgehead atoms. The molecule has 0 saturated heterocycles. The first kappa shape index (κ1) is 15.8. The van der Waals surface area contributed by atoms with E-state index in [0.29, 0.717) is 5.56 Å². The van der Waals surface area contributed by atoms with E-state index in [1.807, 2.05) is 0 Å². The highest BCUT2D eigenvalue weighted by molar-refractivity contribution is 5.57. The lowest BCUT2D eigenvalue weighted by Crippen LogP contribution is -2.35. The van der Waals surface area contributed by atoms with Gasteiger partial charge in [0.2, 0.25) is 0 Å². The first-order valence-electron chi connectivity index (χ1n) is 6.09.